The number of aliphatic imine (C=N–C) groups is 1. The Labute approximate surface area is 148 Å². The van der Waals surface area contributed by atoms with Gasteiger partial charge < -0.3 is 4.42 Å². The second kappa shape index (κ2) is 6.22. The quantitative estimate of drug-likeness (QED) is 0.700. The Hall–Kier alpha value is -2.86. The molecule has 1 aliphatic heterocycles. The van der Waals surface area contributed by atoms with Gasteiger partial charge in [-0.15, -0.1) is 0 Å². The molecule has 0 N–H and O–H groups in total. The van der Waals surface area contributed by atoms with Crippen molar-refractivity contribution >= 4 is 45.4 Å². The van der Waals surface area contributed by atoms with Gasteiger partial charge in [0.2, 0.25) is 5.91 Å². The summed E-state index contributed by atoms with van der Waals surface area (Å²) in [5.41, 5.74) is 2.33. The van der Waals surface area contributed by atoms with E-state index in [0.717, 1.165) is 16.6 Å². The summed E-state index contributed by atoms with van der Waals surface area (Å²) in [7, 11) is 0. The van der Waals surface area contributed by atoms with Crippen molar-refractivity contribution in [2.24, 2.45) is 4.99 Å². The molecule has 0 aliphatic carbocycles. The third kappa shape index (κ3) is 2.85. The van der Waals surface area contributed by atoms with Gasteiger partial charge in [0.25, 0.3) is 0 Å². The Bertz CT molecular complexity index is 989. The maximum absolute atomic E-state index is 12.5. The normalized spacial score (nSPS) is 16.1. The Morgan fingerprint density at radius 2 is 1.92 bits per heavy atom. The average Bonchev–Trinajstić information content (AvgIpc) is 3.19. The second-order valence-corrected chi connectivity index (χ2v) is 6.59. The van der Waals surface area contributed by atoms with Crippen molar-refractivity contribution < 1.29 is 14.0 Å². The largest absolute Gasteiger partial charge is 0.451 e. The van der Waals surface area contributed by atoms with Gasteiger partial charge in [-0.25, -0.2) is 0 Å². The number of furan rings is 1. The van der Waals surface area contributed by atoms with E-state index in [1.54, 1.807) is 12.1 Å². The Morgan fingerprint density at radius 1 is 1.16 bits per heavy atom. The molecule has 1 aliphatic rings. The van der Waals surface area contributed by atoms with Crippen LogP contribution in [0.3, 0.4) is 0 Å². The van der Waals surface area contributed by atoms with Crippen LogP contribution in [0.4, 0.5) is 5.69 Å². The molecule has 0 spiro atoms. The predicted molar refractivity (Wildman–Crippen MR) is 99.1 cm³/mol. The summed E-state index contributed by atoms with van der Waals surface area (Å²) in [6, 6.07) is 16.6. The predicted octanol–water partition coefficient (Wildman–Crippen LogP) is 4.02. The van der Waals surface area contributed by atoms with E-state index in [9.17, 15) is 9.59 Å². The molecule has 5 nitrogen and oxygen atoms in total. The minimum Gasteiger partial charge on any atom is -0.451 e. The summed E-state index contributed by atoms with van der Waals surface area (Å²) in [6.45, 7) is 1.92. The third-order valence-corrected chi connectivity index (χ3v) is 4.88. The van der Waals surface area contributed by atoms with Gasteiger partial charge in [-0.05, 0) is 30.7 Å². The molecule has 4 rings (SSSR count). The number of fused-ring (bicyclic) bond motifs is 1. The van der Waals surface area contributed by atoms with Crippen LogP contribution >= 0.6 is 11.8 Å². The number of thioether (sulfide) groups is 1. The van der Waals surface area contributed by atoms with Gasteiger partial charge >= 0.3 is 5.91 Å². The molecule has 1 aromatic heterocycles. The summed E-state index contributed by atoms with van der Waals surface area (Å²) in [5.74, 6) is -0.151. The lowest BCUT2D eigenvalue weighted by Crippen LogP contribution is -2.30. The highest BCUT2D eigenvalue weighted by Crippen LogP contribution is 2.29. The molecule has 25 heavy (non-hydrogen) atoms. The highest BCUT2D eigenvalue weighted by molar-refractivity contribution is 8.15. The van der Waals surface area contributed by atoms with Gasteiger partial charge in [-0.1, -0.05) is 48.2 Å². The summed E-state index contributed by atoms with van der Waals surface area (Å²) in [5, 5.41) is 1.22. The van der Waals surface area contributed by atoms with Gasteiger partial charge in [0, 0.05) is 5.39 Å². The van der Waals surface area contributed by atoms with Crippen molar-refractivity contribution in [2.45, 2.75) is 6.92 Å². The molecular weight excluding hydrogens is 336 g/mol. The number of hydrogen-bond donors (Lipinski definition) is 0. The molecule has 0 radical (unpaired) electrons. The number of nitrogens with zero attached hydrogens (tertiary/aromatic N) is 2. The molecule has 124 valence electrons. The first-order valence-electron chi connectivity index (χ1n) is 7.76. The van der Waals surface area contributed by atoms with Crippen LogP contribution in [0, 0.1) is 6.92 Å². The molecule has 3 aromatic rings. The first kappa shape index (κ1) is 15.7. The Kier molecular flexibility index (Phi) is 3.89. The maximum Gasteiger partial charge on any atom is 0.315 e. The Morgan fingerprint density at radius 3 is 2.72 bits per heavy atom. The SMILES string of the molecule is Cc1ccccc1N1C(=O)CSC1=NC(=O)c1cc2ccccc2o1. The lowest BCUT2D eigenvalue weighted by Gasteiger charge is -2.17. The summed E-state index contributed by atoms with van der Waals surface area (Å²) < 4.78 is 5.56. The van der Waals surface area contributed by atoms with E-state index < -0.39 is 5.91 Å². The minimum atomic E-state index is -0.494. The van der Waals surface area contributed by atoms with Crippen LogP contribution in [0.25, 0.3) is 11.0 Å². The van der Waals surface area contributed by atoms with Crippen molar-refractivity contribution in [3.8, 4) is 0 Å². The fourth-order valence-corrected chi connectivity index (χ4v) is 3.58. The van der Waals surface area contributed by atoms with Crippen LogP contribution in [-0.4, -0.2) is 22.7 Å². The Balaban J connectivity index is 1.70. The number of benzene rings is 2. The maximum atomic E-state index is 12.5. The first-order chi connectivity index (χ1) is 12.1. The van der Waals surface area contributed by atoms with Gasteiger partial charge in [-0.3, -0.25) is 14.5 Å². The van der Waals surface area contributed by atoms with Gasteiger partial charge in [0.1, 0.15) is 5.58 Å². The van der Waals surface area contributed by atoms with E-state index in [1.165, 1.54) is 16.7 Å². The topological polar surface area (TPSA) is 62.9 Å². The number of aryl methyl sites for hydroxylation is 1. The number of carbonyl (C=O) groups excluding carboxylic acids is 2. The highest BCUT2D eigenvalue weighted by Gasteiger charge is 2.31. The molecule has 1 saturated heterocycles. The van der Waals surface area contributed by atoms with Crippen LogP contribution < -0.4 is 4.90 Å². The van der Waals surface area contributed by atoms with E-state index in [0.29, 0.717) is 10.8 Å². The molecule has 0 unspecified atom stereocenters. The molecule has 0 atom stereocenters. The number of amidine groups is 1. The minimum absolute atomic E-state index is 0.0875. The highest BCUT2D eigenvalue weighted by atomic mass is 32.2. The average molecular weight is 350 g/mol. The number of carbonyl (C=O) groups is 2. The van der Waals surface area contributed by atoms with Gasteiger partial charge in [0.05, 0.1) is 11.4 Å². The number of hydrogen-bond acceptors (Lipinski definition) is 4. The molecule has 6 heteroatoms. The van der Waals surface area contributed by atoms with Crippen molar-refractivity contribution in [2.75, 3.05) is 10.7 Å². The van der Waals surface area contributed by atoms with Crippen LogP contribution in [0.5, 0.6) is 0 Å². The van der Waals surface area contributed by atoms with Gasteiger partial charge in [0.15, 0.2) is 10.9 Å². The standard InChI is InChI=1S/C19H14N2O3S/c1-12-6-2-4-8-14(12)21-17(22)11-25-19(21)20-18(23)16-10-13-7-3-5-9-15(13)24-16/h2-10H,11H2,1H3. The second-order valence-electron chi connectivity index (χ2n) is 5.65. The molecule has 0 bridgehead atoms. The fraction of sp³-hybridized carbons (Fsp3) is 0.105. The lowest BCUT2D eigenvalue weighted by atomic mass is 10.2. The summed E-state index contributed by atoms with van der Waals surface area (Å²) in [6.07, 6.45) is 0. The van der Waals surface area contributed by atoms with E-state index in [-0.39, 0.29) is 17.4 Å². The van der Waals surface area contributed by atoms with E-state index >= 15 is 0 Å². The van der Waals surface area contributed by atoms with E-state index in [1.807, 2.05) is 49.4 Å². The zero-order valence-corrected chi connectivity index (χ0v) is 14.2. The van der Waals surface area contributed by atoms with Crippen molar-refractivity contribution in [1.29, 1.82) is 0 Å². The van der Waals surface area contributed by atoms with Crippen LogP contribution in [0.2, 0.25) is 0 Å². The molecule has 1 fully saturated rings. The number of para-hydroxylation sites is 2. The van der Waals surface area contributed by atoms with Crippen molar-refractivity contribution in [1.82, 2.24) is 0 Å². The molecular formula is C19H14N2O3S. The number of amides is 2. The molecule has 2 amide bonds. The van der Waals surface area contributed by atoms with E-state index in [2.05, 4.69) is 4.99 Å². The molecule has 0 saturated carbocycles. The fourth-order valence-electron chi connectivity index (χ4n) is 2.73. The summed E-state index contributed by atoms with van der Waals surface area (Å²) in [4.78, 5) is 30.4. The lowest BCUT2D eigenvalue weighted by molar-refractivity contribution is -0.115. The number of anilines is 1. The first-order valence-corrected chi connectivity index (χ1v) is 8.75. The van der Waals surface area contributed by atoms with Gasteiger partial charge in [-0.2, -0.15) is 4.99 Å². The zero-order valence-electron chi connectivity index (χ0n) is 13.4. The zero-order chi connectivity index (χ0) is 17.4. The number of rotatable bonds is 2. The van der Waals surface area contributed by atoms with Crippen molar-refractivity contribution in [3.63, 3.8) is 0 Å². The van der Waals surface area contributed by atoms with Crippen molar-refractivity contribution in [3.05, 3.63) is 65.9 Å². The smallest absolute Gasteiger partial charge is 0.315 e. The van der Waals surface area contributed by atoms with Crippen LogP contribution in [0.1, 0.15) is 16.1 Å². The van der Waals surface area contributed by atoms with E-state index in [4.69, 9.17) is 4.42 Å². The molecule has 2 heterocycles. The third-order valence-electron chi connectivity index (χ3n) is 3.96. The molecule has 2 aromatic carbocycles. The monoisotopic (exact) mass is 350 g/mol. The van der Waals surface area contributed by atoms with Crippen LogP contribution in [0.15, 0.2) is 64.0 Å². The summed E-state index contributed by atoms with van der Waals surface area (Å²) >= 11 is 1.26. The van der Waals surface area contributed by atoms with Crippen LogP contribution in [-0.2, 0) is 4.79 Å².